The van der Waals surface area contributed by atoms with Crippen LogP contribution in [0.3, 0.4) is 0 Å². The van der Waals surface area contributed by atoms with Crippen molar-refractivity contribution in [2.24, 2.45) is 0 Å². The molecule has 7 fully saturated rings. The second-order valence-corrected chi connectivity index (χ2v) is 12.0. The molecule has 0 radical (unpaired) electrons. The van der Waals surface area contributed by atoms with E-state index < -0.39 is 0 Å². The van der Waals surface area contributed by atoms with Crippen molar-refractivity contribution in [3.05, 3.63) is 12.7 Å². The summed E-state index contributed by atoms with van der Waals surface area (Å²) in [6.07, 6.45) is 21.9. The summed E-state index contributed by atoms with van der Waals surface area (Å²) in [6.45, 7) is 16.6. The summed E-state index contributed by atoms with van der Waals surface area (Å²) in [6, 6.07) is 0. The van der Waals surface area contributed by atoms with Gasteiger partial charge >= 0.3 is 0 Å². The van der Waals surface area contributed by atoms with Crippen molar-refractivity contribution in [1.82, 2.24) is 0 Å². The number of epoxide rings is 5. The summed E-state index contributed by atoms with van der Waals surface area (Å²) in [5.74, 6) is 0. The quantitative estimate of drug-likeness (QED) is 0.131. The van der Waals surface area contributed by atoms with Crippen LogP contribution in [0.5, 0.6) is 0 Å². The first-order valence-corrected chi connectivity index (χ1v) is 16.7. The van der Waals surface area contributed by atoms with Gasteiger partial charge in [0, 0.05) is 6.61 Å². The number of unbranched alkanes of at least 4 members (excludes halogenated alkanes) is 2. The molecule has 2 saturated carbocycles. The van der Waals surface area contributed by atoms with Crippen LogP contribution < -0.4 is 0 Å². The van der Waals surface area contributed by atoms with Gasteiger partial charge < -0.3 is 37.9 Å². The Morgan fingerprint density at radius 3 is 1.63 bits per heavy atom. The van der Waals surface area contributed by atoms with Crippen molar-refractivity contribution >= 4 is 0 Å². The molecule has 0 amide bonds. The van der Waals surface area contributed by atoms with Gasteiger partial charge in [-0.2, -0.15) is 0 Å². The van der Waals surface area contributed by atoms with Crippen molar-refractivity contribution in [1.29, 1.82) is 0 Å². The van der Waals surface area contributed by atoms with Crippen LogP contribution in [-0.4, -0.2) is 102 Å². The minimum Gasteiger partial charge on any atom is -0.379 e. The lowest BCUT2D eigenvalue weighted by atomic mass is 10.0. The predicted molar refractivity (Wildman–Crippen MR) is 161 cm³/mol. The fourth-order valence-corrected chi connectivity index (χ4v) is 4.67. The van der Waals surface area contributed by atoms with Gasteiger partial charge in [0.05, 0.1) is 76.8 Å². The average Bonchev–Trinajstić information content (AvgIpc) is 3.82. The van der Waals surface area contributed by atoms with Crippen LogP contribution in [-0.2, 0) is 37.9 Å². The lowest BCUT2D eigenvalue weighted by Crippen LogP contribution is -2.12. The first-order valence-electron chi connectivity index (χ1n) is 16.7. The molecule has 8 heteroatoms. The monoisotopic (exact) mass is 584 g/mol. The zero-order chi connectivity index (χ0) is 29.1. The van der Waals surface area contributed by atoms with Crippen LogP contribution in [0.1, 0.15) is 97.8 Å². The number of ether oxygens (including phenoxy) is 8. The highest BCUT2D eigenvalue weighted by Crippen LogP contribution is 2.37. The van der Waals surface area contributed by atoms with Gasteiger partial charge in [0.15, 0.2) is 0 Å². The van der Waals surface area contributed by atoms with Crippen molar-refractivity contribution in [3.8, 4) is 0 Å². The van der Waals surface area contributed by atoms with Gasteiger partial charge in [-0.25, -0.2) is 0 Å². The zero-order valence-corrected chi connectivity index (χ0v) is 26.3. The van der Waals surface area contributed by atoms with Gasteiger partial charge in [0.25, 0.3) is 0 Å². The van der Waals surface area contributed by atoms with E-state index in [0.717, 1.165) is 46.2 Å². The first kappa shape index (κ1) is 34.9. The maximum Gasteiger partial charge on any atom is 0.104 e. The summed E-state index contributed by atoms with van der Waals surface area (Å²) in [7, 11) is 0. The Morgan fingerprint density at radius 1 is 0.707 bits per heavy atom. The van der Waals surface area contributed by atoms with Gasteiger partial charge in [-0.1, -0.05) is 52.0 Å². The minimum absolute atomic E-state index is 0.384. The molecule has 5 heterocycles. The molecule has 8 unspecified atom stereocenters. The maximum absolute atomic E-state index is 5.54. The van der Waals surface area contributed by atoms with Crippen molar-refractivity contribution in [2.45, 2.75) is 147 Å². The lowest BCUT2D eigenvalue weighted by Gasteiger charge is -2.10. The van der Waals surface area contributed by atoms with E-state index in [0.29, 0.717) is 55.4 Å². The number of fused-ring (bicyclic) bond motifs is 2. The van der Waals surface area contributed by atoms with Crippen LogP contribution in [0.4, 0.5) is 0 Å². The third-order valence-electron chi connectivity index (χ3n) is 7.80. The zero-order valence-electron chi connectivity index (χ0n) is 26.3. The van der Waals surface area contributed by atoms with Gasteiger partial charge in [-0.15, -0.1) is 6.58 Å². The van der Waals surface area contributed by atoms with E-state index in [9.17, 15) is 0 Å². The lowest BCUT2D eigenvalue weighted by molar-refractivity contribution is 0.0479. The fourth-order valence-electron chi connectivity index (χ4n) is 4.67. The molecule has 2 aliphatic carbocycles. The summed E-state index contributed by atoms with van der Waals surface area (Å²) in [4.78, 5) is 0. The molecule has 0 aromatic heterocycles. The van der Waals surface area contributed by atoms with E-state index in [4.69, 9.17) is 37.9 Å². The molecular weight excluding hydrogens is 524 g/mol. The SMILES string of the molecule is C1CC2OC2C1.C1CCC2OC2C1.C=CCOCC1CO1.CCCCC(C)OCC1CO1.CCCCOCC1CO1. The molecule has 0 aromatic rings. The average molecular weight is 585 g/mol. The van der Waals surface area contributed by atoms with Crippen LogP contribution in [0.15, 0.2) is 12.7 Å². The van der Waals surface area contributed by atoms with E-state index in [1.54, 1.807) is 6.08 Å². The van der Waals surface area contributed by atoms with Gasteiger partial charge in [0.1, 0.15) is 18.3 Å². The van der Waals surface area contributed by atoms with Crippen LogP contribution in [0.2, 0.25) is 0 Å². The highest BCUT2D eigenvalue weighted by atomic mass is 16.6. The van der Waals surface area contributed by atoms with Gasteiger partial charge in [-0.3, -0.25) is 0 Å². The summed E-state index contributed by atoms with van der Waals surface area (Å²) in [5.41, 5.74) is 0. The molecule has 41 heavy (non-hydrogen) atoms. The fraction of sp³-hybridized carbons (Fsp3) is 0.939. The summed E-state index contributed by atoms with van der Waals surface area (Å²) in [5, 5.41) is 0. The van der Waals surface area contributed by atoms with E-state index in [2.05, 4.69) is 27.4 Å². The number of rotatable bonds is 15. The van der Waals surface area contributed by atoms with Crippen LogP contribution >= 0.6 is 0 Å². The Labute approximate surface area is 250 Å². The third-order valence-corrected chi connectivity index (χ3v) is 7.80. The van der Waals surface area contributed by atoms with E-state index >= 15 is 0 Å². The molecule has 0 bridgehead atoms. The highest BCUT2D eigenvalue weighted by molar-refractivity contribution is 4.90. The minimum atomic E-state index is 0.384. The second-order valence-electron chi connectivity index (χ2n) is 12.0. The number of hydrogen-bond donors (Lipinski definition) is 0. The molecule has 0 N–H and O–H groups in total. The standard InChI is InChI=1S/C9H18O2.C7H14O2.C6H10O2.C6H10O.C5H8O/c1-3-4-5-8(2)10-6-9-7-11-9;1-2-3-4-8-5-7-6-9-7;1-2-3-7-4-6-5-8-6;1-2-4-6-5(3-1)7-6;1-2-4-5(3-1)6-4/h8-9H,3-7H2,1-2H3;7H,2-6H2,1H3;2,6H,1,3-5H2;5-6H,1-4H2;4-5H,1-3H2. The van der Waals surface area contributed by atoms with Crippen LogP contribution in [0, 0.1) is 0 Å². The Morgan fingerprint density at radius 2 is 1.20 bits per heavy atom. The summed E-state index contributed by atoms with van der Waals surface area (Å²) < 4.78 is 41.2. The first-order chi connectivity index (χ1) is 20.1. The molecule has 8 atom stereocenters. The molecule has 5 saturated heterocycles. The van der Waals surface area contributed by atoms with E-state index in [1.165, 1.54) is 77.0 Å². The Hall–Kier alpha value is -0.580. The molecule has 7 aliphatic rings. The molecule has 0 spiro atoms. The third kappa shape index (κ3) is 19.3. The molecule has 240 valence electrons. The maximum atomic E-state index is 5.54. The van der Waals surface area contributed by atoms with E-state index in [-0.39, 0.29) is 0 Å². The Balaban J connectivity index is 0.000000143. The smallest absolute Gasteiger partial charge is 0.104 e. The summed E-state index contributed by atoms with van der Waals surface area (Å²) >= 11 is 0. The number of hydrogen-bond acceptors (Lipinski definition) is 8. The Bertz CT molecular complexity index is 633. The largest absolute Gasteiger partial charge is 0.379 e. The molecule has 8 nitrogen and oxygen atoms in total. The molecule has 5 aliphatic heterocycles. The molecule has 0 aromatic carbocycles. The van der Waals surface area contributed by atoms with Crippen molar-refractivity contribution in [3.63, 3.8) is 0 Å². The van der Waals surface area contributed by atoms with E-state index in [1.807, 2.05) is 0 Å². The van der Waals surface area contributed by atoms with Gasteiger partial charge in [0.2, 0.25) is 0 Å². The van der Waals surface area contributed by atoms with Crippen molar-refractivity contribution < 1.29 is 37.9 Å². The molecular formula is C33H60O8. The topological polar surface area (TPSA) is 90.3 Å². The van der Waals surface area contributed by atoms with Crippen molar-refractivity contribution in [2.75, 3.05) is 52.9 Å². The van der Waals surface area contributed by atoms with Gasteiger partial charge in [-0.05, 0) is 51.9 Å². The second kappa shape index (κ2) is 21.2. The highest BCUT2D eigenvalue weighted by Gasteiger charge is 2.42. The normalized spacial score (nSPS) is 32.8. The molecule has 7 rings (SSSR count). The predicted octanol–water partition coefficient (Wildman–Crippen LogP) is 6.04. The Kier molecular flexibility index (Phi) is 18.0. The van der Waals surface area contributed by atoms with Crippen LogP contribution in [0.25, 0.3) is 0 Å².